The summed E-state index contributed by atoms with van der Waals surface area (Å²) >= 11 is 0. The van der Waals surface area contributed by atoms with Gasteiger partial charge in [0.1, 0.15) is 5.82 Å². The predicted octanol–water partition coefficient (Wildman–Crippen LogP) is 2.63. The molecule has 1 aromatic heterocycles. The number of aliphatic hydroxyl groups is 1. The molecule has 0 aliphatic rings. The van der Waals surface area contributed by atoms with Gasteiger partial charge in [0.25, 0.3) is 0 Å². The van der Waals surface area contributed by atoms with Crippen LogP contribution in [0.15, 0.2) is 18.2 Å². The predicted molar refractivity (Wildman–Crippen MR) is 77.1 cm³/mol. The number of hydrogen-bond donors (Lipinski definition) is 2. The molecule has 108 valence electrons. The fraction of sp³-hybridized carbons (Fsp3) is 0.467. The number of aromatic carboxylic acids is 1. The van der Waals surface area contributed by atoms with Gasteiger partial charge in [-0.25, -0.2) is 9.78 Å². The van der Waals surface area contributed by atoms with E-state index in [0.29, 0.717) is 24.4 Å². The first-order chi connectivity index (χ1) is 9.58. The van der Waals surface area contributed by atoms with Crippen molar-refractivity contribution in [2.75, 3.05) is 6.61 Å². The average molecular weight is 276 g/mol. The van der Waals surface area contributed by atoms with Crippen LogP contribution in [0.25, 0.3) is 11.0 Å². The highest BCUT2D eigenvalue weighted by Crippen LogP contribution is 2.24. The Morgan fingerprint density at radius 1 is 1.45 bits per heavy atom. The van der Waals surface area contributed by atoms with Gasteiger partial charge in [-0.15, -0.1) is 0 Å². The van der Waals surface area contributed by atoms with Crippen LogP contribution in [0.3, 0.4) is 0 Å². The minimum Gasteiger partial charge on any atom is -0.478 e. The van der Waals surface area contributed by atoms with Gasteiger partial charge in [0, 0.05) is 19.1 Å². The van der Waals surface area contributed by atoms with E-state index in [4.69, 9.17) is 10.2 Å². The second-order valence-corrected chi connectivity index (χ2v) is 4.99. The molecule has 0 spiro atoms. The first-order valence-electron chi connectivity index (χ1n) is 6.93. The smallest absolute Gasteiger partial charge is 0.335 e. The highest BCUT2D eigenvalue weighted by Gasteiger charge is 2.16. The minimum atomic E-state index is -0.943. The minimum absolute atomic E-state index is 0.129. The Balaban J connectivity index is 2.55. The van der Waals surface area contributed by atoms with Crippen molar-refractivity contribution in [2.45, 2.75) is 39.2 Å². The molecule has 2 N–H and O–H groups in total. The van der Waals surface area contributed by atoms with Gasteiger partial charge in [-0.3, -0.25) is 0 Å². The maximum absolute atomic E-state index is 11.0. The normalized spacial score (nSPS) is 12.8. The largest absolute Gasteiger partial charge is 0.478 e. The highest BCUT2D eigenvalue weighted by molar-refractivity contribution is 5.92. The summed E-state index contributed by atoms with van der Waals surface area (Å²) in [6, 6.07) is 5.34. The quantitative estimate of drug-likeness (QED) is 0.850. The lowest BCUT2D eigenvalue weighted by Gasteiger charge is -2.15. The summed E-state index contributed by atoms with van der Waals surface area (Å²) in [6.07, 6.45) is 2.32. The fourth-order valence-electron chi connectivity index (χ4n) is 2.37. The van der Waals surface area contributed by atoms with E-state index < -0.39 is 5.97 Å². The molecule has 0 aliphatic heterocycles. The Morgan fingerprint density at radius 3 is 2.80 bits per heavy atom. The van der Waals surface area contributed by atoms with Crippen LogP contribution in [0.2, 0.25) is 0 Å². The molecule has 0 bridgehead atoms. The van der Waals surface area contributed by atoms with Gasteiger partial charge < -0.3 is 14.8 Å². The first kappa shape index (κ1) is 14.5. The number of carboxylic acid groups (broad SMARTS) is 1. The number of aliphatic hydroxyl groups excluding tert-OH is 1. The third-order valence-electron chi connectivity index (χ3n) is 3.60. The van der Waals surface area contributed by atoms with Gasteiger partial charge >= 0.3 is 5.97 Å². The molecule has 0 radical (unpaired) electrons. The number of fused-ring (bicyclic) bond motifs is 1. The van der Waals surface area contributed by atoms with Gasteiger partial charge in [0.2, 0.25) is 0 Å². The monoisotopic (exact) mass is 276 g/mol. The van der Waals surface area contributed by atoms with Gasteiger partial charge in [-0.05, 0) is 38.0 Å². The van der Waals surface area contributed by atoms with E-state index in [0.717, 1.165) is 17.8 Å². The summed E-state index contributed by atoms with van der Waals surface area (Å²) in [5.41, 5.74) is 1.91. The van der Waals surface area contributed by atoms with E-state index in [2.05, 4.69) is 23.4 Å². The number of hydrogen-bond acceptors (Lipinski definition) is 3. The molecule has 0 amide bonds. The lowest BCUT2D eigenvalue weighted by Crippen LogP contribution is -2.09. The van der Waals surface area contributed by atoms with E-state index in [-0.39, 0.29) is 12.2 Å². The number of aromatic nitrogens is 2. The fourth-order valence-corrected chi connectivity index (χ4v) is 2.37. The SMILES string of the molecule is CCC(C)n1c(CCCO)nc2cc(C(=O)O)ccc21. The summed E-state index contributed by atoms with van der Waals surface area (Å²) in [6.45, 7) is 4.36. The maximum atomic E-state index is 11.0. The standard InChI is InChI=1S/C15H20N2O3/c1-3-10(2)17-13-7-6-11(15(19)20)9-12(13)16-14(17)5-4-8-18/h6-7,9-10,18H,3-5,8H2,1-2H3,(H,19,20). The highest BCUT2D eigenvalue weighted by atomic mass is 16.4. The van der Waals surface area contributed by atoms with Crippen molar-refractivity contribution < 1.29 is 15.0 Å². The van der Waals surface area contributed by atoms with Gasteiger partial charge in [-0.1, -0.05) is 6.92 Å². The third kappa shape index (κ3) is 2.67. The first-order valence-corrected chi connectivity index (χ1v) is 6.93. The number of imidazole rings is 1. The number of carboxylic acids is 1. The molecule has 20 heavy (non-hydrogen) atoms. The summed E-state index contributed by atoms with van der Waals surface area (Å²) in [7, 11) is 0. The molecule has 1 aromatic carbocycles. The Labute approximate surface area is 117 Å². The molecule has 0 saturated heterocycles. The van der Waals surface area contributed by atoms with Gasteiger partial charge in [0.15, 0.2) is 0 Å². The van der Waals surface area contributed by atoms with E-state index in [1.165, 1.54) is 0 Å². The van der Waals surface area contributed by atoms with E-state index in [1.54, 1.807) is 12.1 Å². The van der Waals surface area contributed by atoms with Crippen molar-refractivity contribution in [3.8, 4) is 0 Å². The topological polar surface area (TPSA) is 75.3 Å². The number of nitrogens with zero attached hydrogens (tertiary/aromatic N) is 2. The molecule has 5 heteroatoms. The molecule has 0 fully saturated rings. The Hall–Kier alpha value is -1.88. The molecule has 0 saturated carbocycles. The van der Waals surface area contributed by atoms with Crippen LogP contribution in [0, 0.1) is 0 Å². The Bertz CT molecular complexity index is 619. The molecule has 2 aromatic rings. The zero-order valence-corrected chi connectivity index (χ0v) is 11.8. The molecule has 0 aliphatic carbocycles. The van der Waals surface area contributed by atoms with Gasteiger partial charge in [0.05, 0.1) is 16.6 Å². The van der Waals surface area contributed by atoms with Crippen molar-refractivity contribution in [1.82, 2.24) is 9.55 Å². The van der Waals surface area contributed by atoms with Crippen molar-refractivity contribution in [3.05, 3.63) is 29.6 Å². The molecule has 5 nitrogen and oxygen atoms in total. The average Bonchev–Trinajstić information content (AvgIpc) is 2.81. The second kappa shape index (κ2) is 6.05. The lowest BCUT2D eigenvalue weighted by molar-refractivity contribution is 0.0697. The number of rotatable bonds is 6. The van der Waals surface area contributed by atoms with Gasteiger partial charge in [-0.2, -0.15) is 0 Å². The second-order valence-electron chi connectivity index (χ2n) is 4.99. The van der Waals surface area contributed by atoms with Crippen LogP contribution in [-0.2, 0) is 6.42 Å². The molecule has 2 rings (SSSR count). The van der Waals surface area contributed by atoms with Crippen molar-refractivity contribution in [1.29, 1.82) is 0 Å². The van der Waals surface area contributed by atoms with Crippen LogP contribution in [0.1, 0.15) is 48.9 Å². The molecule has 1 unspecified atom stereocenters. The summed E-state index contributed by atoms with van der Waals surface area (Å²) in [5.74, 6) is -0.0344. The van der Waals surface area contributed by atoms with Crippen LogP contribution < -0.4 is 0 Å². The number of carbonyl (C=O) groups is 1. The van der Waals surface area contributed by atoms with E-state index >= 15 is 0 Å². The van der Waals surface area contributed by atoms with Crippen LogP contribution in [0.4, 0.5) is 0 Å². The summed E-state index contributed by atoms with van der Waals surface area (Å²) < 4.78 is 2.15. The third-order valence-corrected chi connectivity index (χ3v) is 3.60. The van der Waals surface area contributed by atoms with E-state index in [1.807, 2.05) is 6.07 Å². The number of aryl methyl sites for hydroxylation is 1. The Kier molecular flexibility index (Phi) is 4.39. The summed E-state index contributed by atoms with van der Waals surface area (Å²) in [4.78, 5) is 15.6. The number of benzene rings is 1. The zero-order chi connectivity index (χ0) is 14.7. The van der Waals surface area contributed by atoms with Crippen molar-refractivity contribution >= 4 is 17.0 Å². The maximum Gasteiger partial charge on any atom is 0.335 e. The van der Waals surface area contributed by atoms with E-state index in [9.17, 15) is 4.79 Å². The van der Waals surface area contributed by atoms with Crippen molar-refractivity contribution in [3.63, 3.8) is 0 Å². The lowest BCUT2D eigenvalue weighted by atomic mass is 10.2. The van der Waals surface area contributed by atoms with Crippen molar-refractivity contribution in [2.24, 2.45) is 0 Å². The zero-order valence-electron chi connectivity index (χ0n) is 11.8. The van der Waals surface area contributed by atoms with Crippen LogP contribution in [-0.4, -0.2) is 32.3 Å². The molecular weight excluding hydrogens is 256 g/mol. The van der Waals surface area contributed by atoms with Crippen LogP contribution in [0.5, 0.6) is 0 Å². The molecule has 1 heterocycles. The van der Waals surface area contributed by atoms with Crippen LogP contribution >= 0.6 is 0 Å². The molecule has 1 atom stereocenters. The Morgan fingerprint density at radius 2 is 2.20 bits per heavy atom. The molecular formula is C15H20N2O3. The summed E-state index contributed by atoms with van der Waals surface area (Å²) in [5, 5.41) is 18.0.